The molecule has 0 fully saturated rings. The van der Waals surface area contributed by atoms with Gasteiger partial charge in [0.15, 0.2) is 5.30 Å². The molecule has 2 N–H and O–H groups in total. The highest BCUT2D eigenvalue weighted by Crippen LogP contribution is 2.35. The molecule has 0 bridgehead atoms. The van der Waals surface area contributed by atoms with Gasteiger partial charge in [-0.3, -0.25) is 4.57 Å². The molecule has 3 rings (SSSR count). The van der Waals surface area contributed by atoms with Gasteiger partial charge in [0.2, 0.25) is 0 Å². The van der Waals surface area contributed by atoms with Crippen molar-refractivity contribution in [1.29, 1.82) is 0 Å². The van der Waals surface area contributed by atoms with Gasteiger partial charge in [0, 0.05) is 5.39 Å². The fourth-order valence-electron chi connectivity index (χ4n) is 2.67. The summed E-state index contributed by atoms with van der Waals surface area (Å²) in [5.41, 5.74) is 0.744. The molecular formula is C17H15O5P. The Hall–Kier alpha value is -2.20. The minimum absolute atomic E-state index is 0.331. The van der Waals surface area contributed by atoms with Gasteiger partial charge in [-0.1, -0.05) is 48.5 Å². The normalized spacial score (nSPS) is 11.7. The van der Waals surface area contributed by atoms with Crippen LogP contribution in [0.25, 0.3) is 11.0 Å². The molecule has 0 radical (unpaired) electrons. The predicted octanol–water partition coefficient (Wildman–Crippen LogP) is 2.38. The zero-order valence-corrected chi connectivity index (χ0v) is 13.1. The van der Waals surface area contributed by atoms with Gasteiger partial charge in [0.25, 0.3) is 0 Å². The standard InChI is InChI=1S/C17H15O5P/c18-17-16(23(19,20)21)14(11-10-12-6-2-1-3-7-12)13-8-4-5-9-15(13)22-17/h1-9H,10-11H2,(H2,19,20,21). The summed E-state index contributed by atoms with van der Waals surface area (Å²) in [6.07, 6.45) is 0.915. The van der Waals surface area contributed by atoms with E-state index in [1.807, 2.05) is 30.3 Å². The number of benzene rings is 2. The van der Waals surface area contributed by atoms with Gasteiger partial charge in [-0.2, -0.15) is 0 Å². The van der Waals surface area contributed by atoms with Crippen molar-refractivity contribution in [2.75, 3.05) is 0 Å². The van der Waals surface area contributed by atoms with Crippen molar-refractivity contribution in [3.05, 3.63) is 76.1 Å². The number of aryl methyl sites for hydroxylation is 2. The van der Waals surface area contributed by atoms with Gasteiger partial charge < -0.3 is 14.2 Å². The van der Waals surface area contributed by atoms with Crippen LogP contribution in [0.4, 0.5) is 0 Å². The highest BCUT2D eigenvalue weighted by Gasteiger charge is 2.28. The third-order valence-corrected chi connectivity index (χ3v) is 4.73. The van der Waals surface area contributed by atoms with E-state index in [4.69, 9.17) is 4.42 Å². The molecule has 0 aliphatic carbocycles. The Balaban J connectivity index is 2.16. The molecule has 0 saturated carbocycles. The molecule has 118 valence electrons. The van der Waals surface area contributed by atoms with E-state index in [0.29, 0.717) is 29.4 Å². The number of hydrogen-bond acceptors (Lipinski definition) is 3. The average molecular weight is 330 g/mol. The number of hydrogen-bond donors (Lipinski definition) is 2. The van der Waals surface area contributed by atoms with Crippen LogP contribution in [-0.4, -0.2) is 9.79 Å². The van der Waals surface area contributed by atoms with Crippen molar-refractivity contribution in [3.63, 3.8) is 0 Å². The number of para-hydroxylation sites is 1. The highest BCUT2D eigenvalue weighted by atomic mass is 31.2. The van der Waals surface area contributed by atoms with Gasteiger partial charge >= 0.3 is 13.2 Å². The fraction of sp³-hybridized carbons (Fsp3) is 0.118. The van der Waals surface area contributed by atoms with Gasteiger partial charge in [-0.15, -0.1) is 0 Å². The molecule has 0 atom stereocenters. The smallest absolute Gasteiger partial charge is 0.363 e. The van der Waals surface area contributed by atoms with Crippen LogP contribution in [0.2, 0.25) is 0 Å². The van der Waals surface area contributed by atoms with Crippen LogP contribution in [0, 0.1) is 0 Å². The zero-order valence-electron chi connectivity index (χ0n) is 12.2. The first-order chi connectivity index (χ1) is 11.0. The maximum atomic E-state index is 12.1. The molecule has 2 aromatic carbocycles. The second-order valence-corrected chi connectivity index (χ2v) is 6.78. The maximum absolute atomic E-state index is 12.1. The van der Waals surface area contributed by atoms with E-state index in [1.165, 1.54) is 0 Å². The van der Waals surface area contributed by atoms with E-state index in [2.05, 4.69) is 0 Å². The summed E-state index contributed by atoms with van der Waals surface area (Å²) < 4.78 is 16.8. The van der Waals surface area contributed by atoms with Gasteiger partial charge in [-0.05, 0) is 30.0 Å². The molecule has 0 saturated heterocycles. The third kappa shape index (κ3) is 3.27. The Morgan fingerprint density at radius 1 is 0.913 bits per heavy atom. The maximum Gasteiger partial charge on any atom is 0.363 e. The Bertz CT molecular complexity index is 940. The molecule has 1 aromatic heterocycles. The molecule has 3 aromatic rings. The molecule has 1 heterocycles. The molecule has 0 spiro atoms. The van der Waals surface area contributed by atoms with Crippen LogP contribution in [0.5, 0.6) is 0 Å². The minimum atomic E-state index is -4.73. The van der Waals surface area contributed by atoms with Crippen molar-refractivity contribution < 1.29 is 18.8 Å². The molecule has 6 heteroatoms. The largest absolute Gasteiger partial charge is 0.422 e. The van der Waals surface area contributed by atoms with Crippen molar-refractivity contribution in [2.24, 2.45) is 0 Å². The zero-order chi connectivity index (χ0) is 16.4. The van der Waals surface area contributed by atoms with Crippen LogP contribution in [0.15, 0.2) is 63.8 Å². The number of rotatable bonds is 4. The lowest BCUT2D eigenvalue weighted by Crippen LogP contribution is -2.28. The van der Waals surface area contributed by atoms with E-state index in [0.717, 1.165) is 5.56 Å². The SMILES string of the molecule is O=c1oc2ccccc2c(CCc2ccccc2)c1P(=O)(O)O. The summed E-state index contributed by atoms with van der Waals surface area (Å²) in [5, 5.41) is 0.0217. The van der Waals surface area contributed by atoms with E-state index >= 15 is 0 Å². The Kier molecular flexibility index (Phi) is 4.18. The molecule has 0 aliphatic rings. The van der Waals surface area contributed by atoms with Gasteiger partial charge in [-0.25, -0.2) is 4.79 Å². The number of fused-ring (bicyclic) bond motifs is 1. The molecule has 0 unspecified atom stereocenters. The van der Waals surface area contributed by atoms with E-state index in [-0.39, 0.29) is 0 Å². The summed E-state index contributed by atoms with van der Waals surface area (Å²) >= 11 is 0. The van der Waals surface area contributed by atoms with Crippen LogP contribution in [0.3, 0.4) is 0 Å². The van der Waals surface area contributed by atoms with Crippen LogP contribution in [0.1, 0.15) is 11.1 Å². The first kappa shape index (κ1) is 15.7. The monoisotopic (exact) mass is 330 g/mol. The summed E-state index contributed by atoms with van der Waals surface area (Å²) in [5.74, 6) is 0. The van der Waals surface area contributed by atoms with Crippen LogP contribution >= 0.6 is 7.60 Å². The minimum Gasteiger partial charge on any atom is -0.422 e. The first-order valence-corrected chi connectivity index (χ1v) is 8.73. The molecule has 5 nitrogen and oxygen atoms in total. The lowest BCUT2D eigenvalue weighted by atomic mass is 10.0. The Morgan fingerprint density at radius 2 is 1.57 bits per heavy atom. The Morgan fingerprint density at radius 3 is 2.26 bits per heavy atom. The predicted molar refractivity (Wildman–Crippen MR) is 88.0 cm³/mol. The second kappa shape index (κ2) is 6.13. The summed E-state index contributed by atoms with van der Waals surface area (Å²) in [6.45, 7) is 0. The first-order valence-electron chi connectivity index (χ1n) is 7.11. The Labute approximate surface area is 132 Å². The van der Waals surface area contributed by atoms with Crippen LogP contribution in [-0.2, 0) is 17.4 Å². The fourth-order valence-corrected chi connectivity index (χ4v) is 3.53. The molecule has 0 aliphatic heterocycles. The molecule has 0 amide bonds. The van der Waals surface area contributed by atoms with Crippen molar-refractivity contribution >= 4 is 23.9 Å². The van der Waals surface area contributed by atoms with Crippen molar-refractivity contribution in [2.45, 2.75) is 12.8 Å². The summed E-state index contributed by atoms with van der Waals surface area (Å²) in [6, 6.07) is 16.4. The van der Waals surface area contributed by atoms with Gasteiger partial charge in [0.05, 0.1) is 0 Å². The summed E-state index contributed by atoms with van der Waals surface area (Å²) in [7, 11) is -4.73. The molecule has 23 heavy (non-hydrogen) atoms. The lowest BCUT2D eigenvalue weighted by Gasteiger charge is -2.12. The second-order valence-electron chi connectivity index (χ2n) is 5.24. The topological polar surface area (TPSA) is 87.7 Å². The van der Waals surface area contributed by atoms with E-state index in [9.17, 15) is 19.1 Å². The van der Waals surface area contributed by atoms with Gasteiger partial charge in [0.1, 0.15) is 5.58 Å². The third-order valence-electron chi connectivity index (χ3n) is 3.69. The van der Waals surface area contributed by atoms with E-state index in [1.54, 1.807) is 24.3 Å². The lowest BCUT2D eigenvalue weighted by molar-refractivity contribution is 0.385. The van der Waals surface area contributed by atoms with Crippen molar-refractivity contribution in [1.82, 2.24) is 0 Å². The quantitative estimate of drug-likeness (QED) is 0.566. The highest BCUT2D eigenvalue weighted by molar-refractivity contribution is 7.60. The van der Waals surface area contributed by atoms with E-state index < -0.39 is 18.5 Å². The average Bonchev–Trinajstić information content (AvgIpc) is 2.52. The summed E-state index contributed by atoms with van der Waals surface area (Å²) in [4.78, 5) is 31.2. The van der Waals surface area contributed by atoms with Crippen LogP contribution < -0.4 is 10.9 Å². The van der Waals surface area contributed by atoms with Crippen molar-refractivity contribution in [3.8, 4) is 0 Å². The molecular weight excluding hydrogens is 315 g/mol.